The van der Waals surface area contributed by atoms with Gasteiger partial charge in [0, 0.05) is 39.9 Å². The summed E-state index contributed by atoms with van der Waals surface area (Å²) < 4.78 is 0. The van der Waals surface area contributed by atoms with E-state index in [0.717, 1.165) is 39.5 Å². The Bertz CT molecular complexity index is 491. The molecular formula is C26H51N3O3. The number of carbonyl (C=O) groups excluding carboxylic acids is 1. The van der Waals surface area contributed by atoms with Crippen LogP contribution >= 0.6 is 0 Å². The number of nitrogens with zero attached hydrogens (tertiary/aromatic N) is 2. The minimum atomic E-state index is -0.833. The normalized spacial score (nSPS) is 12.8. The lowest BCUT2D eigenvalue weighted by Crippen LogP contribution is -2.36. The van der Waals surface area contributed by atoms with Crippen LogP contribution in [0, 0.1) is 0 Å². The molecule has 0 bridgehead atoms. The van der Waals surface area contributed by atoms with Crippen molar-refractivity contribution in [2.24, 2.45) is 4.99 Å². The van der Waals surface area contributed by atoms with Gasteiger partial charge in [-0.25, -0.2) is 0 Å². The highest BCUT2D eigenvalue weighted by Gasteiger charge is 2.15. The molecule has 0 aliphatic carbocycles. The minimum Gasteiger partial charge on any atom is -0.481 e. The van der Waals surface area contributed by atoms with Gasteiger partial charge in [0.15, 0.2) is 0 Å². The lowest BCUT2D eigenvalue weighted by Gasteiger charge is -2.20. The van der Waals surface area contributed by atoms with Crippen LogP contribution in [-0.2, 0) is 9.59 Å². The van der Waals surface area contributed by atoms with Gasteiger partial charge in [0.25, 0.3) is 5.97 Å². The van der Waals surface area contributed by atoms with Gasteiger partial charge in [0.1, 0.15) is 0 Å². The van der Waals surface area contributed by atoms with E-state index in [1.54, 1.807) is 6.92 Å². The number of carboxylic acids is 1. The highest BCUT2D eigenvalue weighted by molar-refractivity contribution is 5.83. The third kappa shape index (κ3) is 21.6. The SMILES string of the molecule is CC(=O)O.CCCCCCCCCCCCCCCCCC1=NCCN1CCNC(C)=O. The first-order chi connectivity index (χ1) is 15.5. The van der Waals surface area contributed by atoms with Crippen LogP contribution in [0.5, 0.6) is 0 Å². The quantitative estimate of drug-likeness (QED) is 0.228. The van der Waals surface area contributed by atoms with Gasteiger partial charge in [-0.05, 0) is 6.42 Å². The molecule has 0 atom stereocenters. The maximum absolute atomic E-state index is 11.0. The van der Waals surface area contributed by atoms with Gasteiger partial charge in [-0.2, -0.15) is 0 Å². The summed E-state index contributed by atoms with van der Waals surface area (Å²) in [6, 6.07) is 0. The van der Waals surface area contributed by atoms with Crippen molar-refractivity contribution < 1.29 is 14.7 Å². The Hall–Kier alpha value is -1.59. The fourth-order valence-corrected chi connectivity index (χ4v) is 4.03. The van der Waals surface area contributed by atoms with E-state index in [2.05, 4.69) is 22.1 Å². The first-order valence-corrected chi connectivity index (χ1v) is 13.2. The average Bonchev–Trinajstić information content (AvgIpc) is 3.17. The zero-order valence-corrected chi connectivity index (χ0v) is 21.3. The Kier molecular flexibility index (Phi) is 21.5. The fraction of sp³-hybridized carbons (Fsp3) is 0.885. The summed E-state index contributed by atoms with van der Waals surface area (Å²) in [5.41, 5.74) is 0. The van der Waals surface area contributed by atoms with Crippen molar-refractivity contribution in [3.05, 3.63) is 0 Å². The number of carboxylic acid groups (broad SMARTS) is 1. The van der Waals surface area contributed by atoms with E-state index in [-0.39, 0.29) is 5.91 Å². The molecule has 0 radical (unpaired) electrons. The lowest BCUT2D eigenvalue weighted by molar-refractivity contribution is -0.134. The summed E-state index contributed by atoms with van der Waals surface area (Å²) in [7, 11) is 0. The number of hydrogen-bond acceptors (Lipinski definition) is 4. The number of carbonyl (C=O) groups is 2. The maximum Gasteiger partial charge on any atom is 0.300 e. The van der Waals surface area contributed by atoms with Gasteiger partial charge in [-0.1, -0.05) is 96.8 Å². The third-order valence-corrected chi connectivity index (χ3v) is 5.79. The Morgan fingerprint density at radius 2 is 1.28 bits per heavy atom. The smallest absolute Gasteiger partial charge is 0.300 e. The molecule has 0 saturated heterocycles. The molecule has 1 heterocycles. The number of nitrogens with one attached hydrogen (secondary N) is 1. The molecule has 0 saturated carbocycles. The number of amidine groups is 1. The molecular weight excluding hydrogens is 402 g/mol. The van der Waals surface area contributed by atoms with Crippen LogP contribution in [-0.4, -0.2) is 53.9 Å². The van der Waals surface area contributed by atoms with Crippen molar-refractivity contribution in [2.45, 2.75) is 124 Å². The van der Waals surface area contributed by atoms with Gasteiger partial charge in [-0.3, -0.25) is 14.6 Å². The maximum atomic E-state index is 11.0. The summed E-state index contributed by atoms with van der Waals surface area (Å²) >= 11 is 0. The van der Waals surface area contributed by atoms with Gasteiger partial charge >= 0.3 is 0 Å². The monoisotopic (exact) mass is 453 g/mol. The average molecular weight is 454 g/mol. The molecule has 32 heavy (non-hydrogen) atoms. The summed E-state index contributed by atoms with van der Waals surface area (Å²) in [5.74, 6) is 0.486. The van der Waals surface area contributed by atoms with Crippen molar-refractivity contribution in [1.82, 2.24) is 10.2 Å². The molecule has 1 aliphatic heterocycles. The van der Waals surface area contributed by atoms with E-state index in [4.69, 9.17) is 9.90 Å². The number of amides is 1. The molecule has 6 heteroatoms. The van der Waals surface area contributed by atoms with Crippen molar-refractivity contribution in [3.63, 3.8) is 0 Å². The topological polar surface area (TPSA) is 82.0 Å². The molecule has 1 aliphatic rings. The second kappa shape index (κ2) is 22.6. The number of rotatable bonds is 19. The van der Waals surface area contributed by atoms with Crippen LogP contribution in [0.15, 0.2) is 4.99 Å². The van der Waals surface area contributed by atoms with E-state index >= 15 is 0 Å². The van der Waals surface area contributed by atoms with Crippen LogP contribution in [0.4, 0.5) is 0 Å². The summed E-state index contributed by atoms with van der Waals surface area (Å²) in [6.45, 7) is 8.52. The minimum absolute atomic E-state index is 0.0556. The van der Waals surface area contributed by atoms with E-state index in [9.17, 15) is 4.79 Å². The highest BCUT2D eigenvalue weighted by Crippen LogP contribution is 2.15. The van der Waals surface area contributed by atoms with Crippen molar-refractivity contribution in [2.75, 3.05) is 26.2 Å². The first-order valence-electron chi connectivity index (χ1n) is 13.2. The van der Waals surface area contributed by atoms with Crippen molar-refractivity contribution >= 4 is 17.7 Å². The molecule has 0 unspecified atom stereocenters. The standard InChI is InChI=1S/C24H47N3O.C2H4O2/c1-3-4-5-6-7-8-9-10-11-12-13-14-15-16-17-18-24-26-20-22-27(24)21-19-25-23(2)28;1-2(3)4/h3-22H2,1-2H3,(H,25,28);1H3,(H,3,4). The Morgan fingerprint density at radius 1 is 0.844 bits per heavy atom. The largest absolute Gasteiger partial charge is 0.481 e. The van der Waals surface area contributed by atoms with Crippen molar-refractivity contribution in [3.8, 4) is 0 Å². The van der Waals surface area contributed by atoms with Crippen LogP contribution in [0.25, 0.3) is 0 Å². The van der Waals surface area contributed by atoms with Gasteiger partial charge in [0.2, 0.25) is 5.91 Å². The zero-order valence-electron chi connectivity index (χ0n) is 21.3. The molecule has 2 N–H and O–H groups in total. The fourth-order valence-electron chi connectivity index (χ4n) is 4.03. The zero-order chi connectivity index (χ0) is 23.9. The second-order valence-electron chi connectivity index (χ2n) is 8.99. The molecule has 188 valence electrons. The Balaban J connectivity index is 0.00000220. The van der Waals surface area contributed by atoms with E-state index in [1.807, 2.05) is 0 Å². The number of hydrogen-bond donors (Lipinski definition) is 2. The number of aliphatic carboxylic acids is 1. The van der Waals surface area contributed by atoms with E-state index in [1.165, 1.54) is 102 Å². The molecule has 1 rings (SSSR count). The van der Waals surface area contributed by atoms with Gasteiger partial charge < -0.3 is 15.3 Å². The third-order valence-electron chi connectivity index (χ3n) is 5.79. The molecule has 0 aromatic rings. The summed E-state index contributed by atoms with van der Waals surface area (Å²) in [6.07, 6.45) is 22.2. The van der Waals surface area contributed by atoms with E-state index in [0.29, 0.717) is 0 Å². The summed E-state index contributed by atoms with van der Waals surface area (Å²) in [5, 5.41) is 10.3. The number of unbranched alkanes of at least 4 members (excludes halogenated alkanes) is 14. The molecule has 0 aromatic heterocycles. The van der Waals surface area contributed by atoms with Crippen LogP contribution in [0.1, 0.15) is 124 Å². The Morgan fingerprint density at radius 3 is 1.72 bits per heavy atom. The summed E-state index contributed by atoms with van der Waals surface area (Å²) in [4.78, 5) is 27.0. The van der Waals surface area contributed by atoms with Crippen LogP contribution in [0.2, 0.25) is 0 Å². The van der Waals surface area contributed by atoms with E-state index < -0.39 is 5.97 Å². The molecule has 0 fully saturated rings. The second-order valence-corrected chi connectivity index (χ2v) is 8.99. The van der Waals surface area contributed by atoms with Crippen LogP contribution < -0.4 is 5.32 Å². The van der Waals surface area contributed by atoms with Gasteiger partial charge in [0.05, 0.1) is 12.4 Å². The van der Waals surface area contributed by atoms with Gasteiger partial charge in [-0.15, -0.1) is 0 Å². The first kappa shape index (κ1) is 30.4. The highest BCUT2D eigenvalue weighted by atomic mass is 16.4. The molecule has 0 aromatic carbocycles. The molecule has 0 spiro atoms. The Labute approximate surface area is 197 Å². The predicted octanol–water partition coefficient (Wildman–Crippen LogP) is 6.19. The molecule has 1 amide bonds. The number of aliphatic imine (C=N–C) groups is 1. The van der Waals surface area contributed by atoms with Crippen LogP contribution in [0.3, 0.4) is 0 Å². The predicted molar refractivity (Wildman–Crippen MR) is 135 cm³/mol. The lowest BCUT2D eigenvalue weighted by atomic mass is 10.0. The molecule has 6 nitrogen and oxygen atoms in total. The van der Waals surface area contributed by atoms with Crippen molar-refractivity contribution in [1.29, 1.82) is 0 Å².